The maximum absolute atomic E-state index is 13.6. The molecule has 0 saturated heterocycles. The van der Waals surface area contributed by atoms with E-state index in [1.807, 2.05) is 12.3 Å². The summed E-state index contributed by atoms with van der Waals surface area (Å²) in [6, 6.07) is 4.60. The fourth-order valence-electron chi connectivity index (χ4n) is 2.03. The number of nitrogens with zero attached hydrogens (tertiary/aromatic N) is 2. The molecular formula is C17H22FN3OS. The Morgan fingerprint density at radius 3 is 2.91 bits per heavy atom. The summed E-state index contributed by atoms with van der Waals surface area (Å²) in [6.07, 6.45) is 6.07. The first kappa shape index (κ1) is 17.4. The van der Waals surface area contributed by atoms with Gasteiger partial charge >= 0.3 is 0 Å². The molecular weight excluding hydrogens is 313 g/mol. The van der Waals surface area contributed by atoms with Crippen LogP contribution >= 0.6 is 11.3 Å². The van der Waals surface area contributed by atoms with Crippen LogP contribution in [0.4, 0.5) is 9.52 Å². The van der Waals surface area contributed by atoms with Crippen LogP contribution in [0.1, 0.15) is 43.9 Å². The van der Waals surface area contributed by atoms with Crippen LogP contribution in [0.2, 0.25) is 0 Å². The molecule has 0 saturated carbocycles. The van der Waals surface area contributed by atoms with Gasteiger partial charge in [0.05, 0.1) is 18.5 Å². The van der Waals surface area contributed by atoms with Gasteiger partial charge < -0.3 is 4.74 Å². The molecule has 4 nitrogen and oxygen atoms in total. The summed E-state index contributed by atoms with van der Waals surface area (Å²) in [5.41, 5.74) is 4.42. The minimum Gasteiger partial charge on any atom is -0.493 e. The summed E-state index contributed by atoms with van der Waals surface area (Å²) in [7, 11) is 0. The van der Waals surface area contributed by atoms with Crippen molar-refractivity contribution in [1.82, 2.24) is 4.98 Å². The van der Waals surface area contributed by atoms with E-state index < -0.39 is 0 Å². The maximum Gasteiger partial charge on any atom is 0.203 e. The number of aromatic nitrogens is 1. The lowest BCUT2D eigenvalue weighted by Crippen LogP contribution is -1.99. The predicted octanol–water partition coefficient (Wildman–Crippen LogP) is 5.00. The van der Waals surface area contributed by atoms with E-state index in [0.29, 0.717) is 23.1 Å². The number of benzene rings is 1. The maximum atomic E-state index is 13.6. The van der Waals surface area contributed by atoms with E-state index in [4.69, 9.17) is 4.74 Å². The summed E-state index contributed by atoms with van der Waals surface area (Å²) in [5.74, 6) is 0.204. The third-order valence-corrected chi connectivity index (χ3v) is 4.02. The van der Waals surface area contributed by atoms with Crippen LogP contribution in [-0.4, -0.2) is 17.8 Å². The van der Waals surface area contributed by atoms with Gasteiger partial charge in [0.2, 0.25) is 5.13 Å². The SMILES string of the molecule is CCCCCCOc1cc(F)cc(C=NNc2nc(C)cs2)c1. The number of unbranched alkanes of at least 4 members (excludes halogenated alkanes) is 3. The highest BCUT2D eigenvalue weighted by atomic mass is 32.1. The van der Waals surface area contributed by atoms with Gasteiger partial charge in [-0.15, -0.1) is 11.3 Å². The Kier molecular flexibility index (Phi) is 7.00. The summed E-state index contributed by atoms with van der Waals surface area (Å²) < 4.78 is 19.2. The number of halogens is 1. The van der Waals surface area contributed by atoms with Crippen molar-refractivity contribution >= 4 is 22.7 Å². The van der Waals surface area contributed by atoms with Crippen LogP contribution < -0.4 is 10.2 Å². The first-order valence-electron chi connectivity index (χ1n) is 7.82. The van der Waals surface area contributed by atoms with E-state index in [9.17, 15) is 4.39 Å². The number of thiazole rings is 1. The topological polar surface area (TPSA) is 46.5 Å². The molecule has 1 N–H and O–H groups in total. The molecule has 0 atom stereocenters. The normalized spacial score (nSPS) is 11.1. The summed E-state index contributed by atoms with van der Waals surface area (Å²) in [6.45, 7) is 4.69. The van der Waals surface area contributed by atoms with Crippen molar-refractivity contribution in [3.8, 4) is 5.75 Å². The van der Waals surface area contributed by atoms with E-state index in [-0.39, 0.29) is 5.82 Å². The Hall–Kier alpha value is -1.95. The van der Waals surface area contributed by atoms with E-state index in [0.717, 1.165) is 18.5 Å². The van der Waals surface area contributed by atoms with Gasteiger partial charge in [0.1, 0.15) is 11.6 Å². The smallest absolute Gasteiger partial charge is 0.203 e. The van der Waals surface area contributed by atoms with Crippen molar-refractivity contribution < 1.29 is 9.13 Å². The number of hydrazone groups is 1. The minimum absolute atomic E-state index is 0.331. The highest BCUT2D eigenvalue weighted by Gasteiger charge is 2.01. The van der Waals surface area contributed by atoms with Gasteiger partial charge in [-0.2, -0.15) is 5.10 Å². The summed E-state index contributed by atoms with van der Waals surface area (Å²) in [4.78, 5) is 4.24. The van der Waals surface area contributed by atoms with E-state index in [1.54, 1.807) is 12.3 Å². The van der Waals surface area contributed by atoms with Crippen molar-refractivity contribution in [2.24, 2.45) is 5.10 Å². The van der Waals surface area contributed by atoms with Gasteiger partial charge in [-0.05, 0) is 25.5 Å². The van der Waals surface area contributed by atoms with Crippen LogP contribution in [0.15, 0.2) is 28.7 Å². The number of hydrogen-bond donors (Lipinski definition) is 1. The zero-order chi connectivity index (χ0) is 16.5. The molecule has 0 aliphatic heterocycles. The molecule has 2 rings (SSSR count). The number of anilines is 1. The second-order valence-corrected chi connectivity index (χ2v) is 6.15. The molecule has 0 fully saturated rings. The lowest BCUT2D eigenvalue weighted by molar-refractivity contribution is 0.303. The quantitative estimate of drug-likeness (QED) is 0.399. The molecule has 0 amide bonds. The molecule has 6 heteroatoms. The number of hydrogen-bond acceptors (Lipinski definition) is 5. The first-order valence-corrected chi connectivity index (χ1v) is 8.70. The van der Waals surface area contributed by atoms with E-state index in [1.165, 1.54) is 36.3 Å². The fraction of sp³-hybridized carbons (Fsp3) is 0.412. The third kappa shape index (κ3) is 6.36. The Bertz CT molecular complexity index is 643. The molecule has 1 heterocycles. The Balaban J connectivity index is 1.88. The largest absolute Gasteiger partial charge is 0.493 e. The molecule has 1 aromatic heterocycles. The molecule has 0 unspecified atom stereocenters. The molecule has 0 radical (unpaired) electrons. The number of ether oxygens (including phenoxy) is 1. The second kappa shape index (κ2) is 9.25. The molecule has 0 bridgehead atoms. The Morgan fingerprint density at radius 2 is 2.17 bits per heavy atom. The minimum atomic E-state index is -0.331. The van der Waals surface area contributed by atoms with Crippen LogP contribution in [0.5, 0.6) is 5.75 Å². The molecule has 23 heavy (non-hydrogen) atoms. The van der Waals surface area contributed by atoms with E-state index in [2.05, 4.69) is 22.4 Å². The van der Waals surface area contributed by atoms with Gasteiger partial charge in [0.15, 0.2) is 0 Å². The van der Waals surface area contributed by atoms with Gasteiger partial charge in [0, 0.05) is 17.0 Å². The number of nitrogens with one attached hydrogen (secondary N) is 1. The van der Waals surface area contributed by atoms with Crippen molar-refractivity contribution in [3.63, 3.8) is 0 Å². The number of rotatable bonds is 9. The molecule has 124 valence electrons. The highest BCUT2D eigenvalue weighted by Crippen LogP contribution is 2.17. The fourth-order valence-corrected chi connectivity index (χ4v) is 2.67. The monoisotopic (exact) mass is 335 g/mol. The number of aryl methyl sites for hydroxylation is 1. The van der Waals surface area contributed by atoms with Gasteiger partial charge in [-0.1, -0.05) is 26.2 Å². The van der Waals surface area contributed by atoms with Crippen molar-refractivity contribution in [2.45, 2.75) is 39.5 Å². The van der Waals surface area contributed by atoms with Gasteiger partial charge in [0.25, 0.3) is 0 Å². The van der Waals surface area contributed by atoms with Crippen LogP contribution in [0.25, 0.3) is 0 Å². The Morgan fingerprint density at radius 1 is 1.30 bits per heavy atom. The summed E-state index contributed by atoms with van der Waals surface area (Å²) >= 11 is 1.47. The molecule has 0 spiro atoms. The third-order valence-electron chi connectivity index (χ3n) is 3.15. The van der Waals surface area contributed by atoms with Crippen molar-refractivity contribution in [2.75, 3.05) is 12.0 Å². The van der Waals surface area contributed by atoms with Crippen molar-refractivity contribution in [1.29, 1.82) is 0 Å². The van der Waals surface area contributed by atoms with Crippen LogP contribution in [0.3, 0.4) is 0 Å². The zero-order valence-electron chi connectivity index (χ0n) is 13.5. The molecule has 1 aromatic carbocycles. The van der Waals surface area contributed by atoms with Gasteiger partial charge in [-0.3, -0.25) is 5.43 Å². The van der Waals surface area contributed by atoms with Crippen molar-refractivity contribution in [3.05, 3.63) is 40.7 Å². The molecule has 0 aliphatic rings. The van der Waals surface area contributed by atoms with Crippen LogP contribution in [0, 0.1) is 12.7 Å². The average molecular weight is 335 g/mol. The standard InChI is InChI=1S/C17H22FN3OS/c1-3-4-5-6-7-22-16-9-14(8-15(18)10-16)11-19-21-17-20-13(2)12-23-17/h8-12H,3-7H2,1-2H3,(H,20,21). The Labute approximate surface area is 140 Å². The summed E-state index contributed by atoms with van der Waals surface area (Å²) in [5, 5.41) is 6.72. The second-order valence-electron chi connectivity index (χ2n) is 5.29. The molecule has 0 aliphatic carbocycles. The average Bonchev–Trinajstić information content (AvgIpc) is 2.92. The highest BCUT2D eigenvalue weighted by molar-refractivity contribution is 7.13. The first-order chi connectivity index (χ1) is 11.2. The van der Waals surface area contributed by atoms with E-state index >= 15 is 0 Å². The molecule has 2 aromatic rings. The van der Waals surface area contributed by atoms with Gasteiger partial charge in [-0.25, -0.2) is 9.37 Å². The van der Waals surface area contributed by atoms with Crippen LogP contribution in [-0.2, 0) is 0 Å². The predicted molar refractivity (Wildman–Crippen MR) is 94.1 cm³/mol. The lowest BCUT2D eigenvalue weighted by Gasteiger charge is -2.07. The lowest BCUT2D eigenvalue weighted by atomic mass is 10.2. The zero-order valence-corrected chi connectivity index (χ0v) is 14.3.